The van der Waals surface area contributed by atoms with Crippen molar-refractivity contribution in [2.75, 3.05) is 13.2 Å². The number of phenolic OH excluding ortho intramolecular Hbond substituents is 3. The van der Waals surface area contributed by atoms with Crippen LogP contribution in [0.5, 0.6) is 28.7 Å². The summed E-state index contributed by atoms with van der Waals surface area (Å²) >= 11 is 0. The molecule has 2 aromatic carbocycles. The van der Waals surface area contributed by atoms with Gasteiger partial charge in [0.2, 0.25) is 23.8 Å². The van der Waals surface area contributed by atoms with Crippen LogP contribution in [0, 0.1) is 0 Å². The zero-order valence-corrected chi connectivity index (χ0v) is 22.4. The summed E-state index contributed by atoms with van der Waals surface area (Å²) in [5.41, 5.74) is -1.50. The molecule has 5 rings (SSSR count). The van der Waals surface area contributed by atoms with E-state index in [0.29, 0.717) is 0 Å². The number of aromatic hydroxyl groups is 3. The Bertz CT molecular complexity index is 1550. The first-order valence-electron chi connectivity index (χ1n) is 13.2. The van der Waals surface area contributed by atoms with Crippen molar-refractivity contribution in [3.63, 3.8) is 0 Å². The van der Waals surface area contributed by atoms with E-state index in [0.717, 1.165) is 24.3 Å². The Morgan fingerprint density at radius 3 is 1.77 bits per heavy atom. The van der Waals surface area contributed by atoms with Crippen LogP contribution in [-0.2, 0) is 9.47 Å². The first kappa shape index (κ1) is 31.7. The topological polar surface area (TPSA) is 290 Å². The van der Waals surface area contributed by atoms with Crippen LogP contribution in [0.2, 0.25) is 0 Å². The number of aliphatic hydroxyl groups is 8. The molecular weight excluding hydrogens is 596 g/mol. The van der Waals surface area contributed by atoms with Crippen molar-refractivity contribution in [1.82, 2.24) is 0 Å². The van der Waals surface area contributed by atoms with Gasteiger partial charge in [-0.2, -0.15) is 0 Å². The molecule has 2 saturated heterocycles. The van der Waals surface area contributed by atoms with Gasteiger partial charge in [0.05, 0.1) is 13.2 Å². The van der Waals surface area contributed by atoms with Gasteiger partial charge in [-0.3, -0.25) is 4.79 Å². The minimum absolute atomic E-state index is 0.0707. The normalized spacial score (nSPS) is 32.5. The summed E-state index contributed by atoms with van der Waals surface area (Å²) in [6.45, 7) is -1.53. The third-order valence-electron chi connectivity index (χ3n) is 7.33. The second-order valence-electron chi connectivity index (χ2n) is 10.2. The van der Waals surface area contributed by atoms with Crippen molar-refractivity contribution in [2.24, 2.45) is 0 Å². The fourth-order valence-corrected chi connectivity index (χ4v) is 4.87. The fraction of sp³-hybridized carbons (Fsp3) is 0.444. The minimum Gasteiger partial charge on any atom is -0.507 e. The van der Waals surface area contributed by atoms with E-state index < -0.39 is 114 Å². The van der Waals surface area contributed by atoms with Crippen LogP contribution in [-0.4, -0.2) is 131 Å². The van der Waals surface area contributed by atoms with Gasteiger partial charge in [-0.05, 0) is 18.2 Å². The Hall–Kier alpha value is -3.75. The molecule has 17 nitrogen and oxygen atoms in total. The zero-order chi connectivity index (χ0) is 32.0. The fourth-order valence-electron chi connectivity index (χ4n) is 4.87. The Morgan fingerprint density at radius 2 is 1.23 bits per heavy atom. The lowest BCUT2D eigenvalue weighted by molar-refractivity contribution is -0.277. The van der Waals surface area contributed by atoms with Crippen LogP contribution in [0.4, 0.5) is 0 Å². The number of hydrogen-bond acceptors (Lipinski definition) is 17. The summed E-state index contributed by atoms with van der Waals surface area (Å²) in [7, 11) is 0. The van der Waals surface area contributed by atoms with Crippen molar-refractivity contribution in [2.45, 2.75) is 61.4 Å². The van der Waals surface area contributed by atoms with Crippen molar-refractivity contribution in [1.29, 1.82) is 0 Å². The molecular formula is C27H30O17. The maximum atomic E-state index is 13.7. The first-order valence-corrected chi connectivity index (χ1v) is 13.2. The highest BCUT2D eigenvalue weighted by Gasteiger charge is 2.46. The number of aliphatic hydroxyl groups excluding tert-OH is 8. The summed E-state index contributed by atoms with van der Waals surface area (Å²) in [5.74, 6) is -3.35. The Labute approximate surface area is 246 Å². The largest absolute Gasteiger partial charge is 0.507 e. The molecule has 3 heterocycles. The number of fused-ring (bicyclic) bond motifs is 1. The highest BCUT2D eigenvalue weighted by atomic mass is 16.7. The molecule has 0 amide bonds. The van der Waals surface area contributed by atoms with E-state index in [-0.39, 0.29) is 16.9 Å². The molecule has 2 fully saturated rings. The second-order valence-corrected chi connectivity index (χ2v) is 10.2. The number of phenols is 3. The molecule has 0 unspecified atom stereocenters. The lowest BCUT2D eigenvalue weighted by Gasteiger charge is -2.39. The van der Waals surface area contributed by atoms with Gasteiger partial charge in [-0.1, -0.05) is 0 Å². The smallest absolute Gasteiger partial charge is 0.239 e. The van der Waals surface area contributed by atoms with Gasteiger partial charge in [-0.15, -0.1) is 0 Å². The van der Waals surface area contributed by atoms with E-state index in [1.54, 1.807) is 0 Å². The molecule has 10 atom stereocenters. The van der Waals surface area contributed by atoms with Crippen molar-refractivity contribution in [3.8, 4) is 40.1 Å². The molecule has 0 radical (unpaired) electrons. The molecule has 240 valence electrons. The van der Waals surface area contributed by atoms with E-state index in [1.165, 1.54) is 6.07 Å². The highest BCUT2D eigenvalue weighted by molar-refractivity contribution is 5.88. The SMILES string of the molecule is O=c1c(O[C@H]2O[C@H](CO)[C@@H](O)[C@H](O)[C@H]2O)c(-c2ccc(O)c(O)c2)oc2cc(O[C@H]3O[C@H](CO)[C@@H](O)[C@H](O)[C@H]3O)cc(O)c12. The van der Waals surface area contributed by atoms with E-state index in [9.17, 15) is 61.0 Å². The van der Waals surface area contributed by atoms with E-state index in [4.69, 9.17) is 23.4 Å². The van der Waals surface area contributed by atoms with Gasteiger partial charge in [0, 0.05) is 17.7 Å². The highest BCUT2D eigenvalue weighted by Crippen LogP contribution is 2.40. The van der Waals surface area contributed by atoms with Gasteiger partial charge in [0.25, 0.3) is 0 Å². The van der Waals surface area contributed by atoms with Gasteiger partial charge in [0.15, 0.2) is 17.3 Å². The third kappa shape index (κ3) is 5.61. The van der Waals surface area contributed by atoms with Gasteiger partial charge in [-0.25, -0.2) is 0 Å². The molecule has 0 spiro atoms. The van der Waals surface area contributed by atoms with Crippen LogP contribution in [0.15, 0.2) is 39.5 Å². The van der Waals surface area contributed by atoms with Crippen LogP contribution in [0.1, 0.15) is 0 Å². The number of rotatable bonds is 7. The van der Waals surface area contributed by atoms with Gasteiger partial charge >= 0.3 is 0 Å². The van der Waals surface area contributed by atoms with Crippen molar-refractivity contribution in [3.05, 3.63) is 40.6 Å². The third-order valence-corrected chi connectivity index (χ3v) is 7.33. The summed E-state index contributed by atoms with van der Waals surface area (Å²) in [4.78, 5) is 13.7. The molecule has 11 N–H and O–H groups in total. The van der Waals surface area contributed by atoms with E-state index in [1.807, 2.05) is 0 Å². The minimum atomic E-state index is -1.94. The molecule has 17 heteroatoms. The molecule has 2 aliphatic heterocycles. The number of ether oxygens (including phenoxy) is 4. The molecule has 2 aliphatic rings. The molecule has 1 aromatic heterocycles. The summed E-state index contributed by atoms with van der Waals surface area (Å²) in [6, 6.07) is 5.27. The van der Waals surface area contributed by atoms with Crippen molar-refractivity contribution >= 4 is 11.0 Å². The van der Waals surface area contributed by atoms with Crippen LogP contribution in [0.25, 0.3) is 22.3 Å². The predicted molar refractivity (Wildman–Crippen MR) is 142 cm³/mol. The summed E-state index contributed by atoms with van der Waals surface area (Å²) < 4.78 is 27.6. The van der Waals surface area contributed by atoms with Crippen LogP contribution < -0.4 is 14.9 Å². The standard InChI is InChI=1S/C27H30O17/c28-6-14-17(33)20(36)22(38)26(42-14)40-9-4-12(32)16-13(5-9)41-24(8-1-2-10(30)11(31)3-8)25(19(16)35)44-27-23(39)21(37)18(34)15(7-29)43-27/h1-5,14-15,17-18,20-23,26-34,36-39H,6-7H2/t14-,15-,17-,18-,20+,21+,22-,23-,26+,27-/m1/s1. The lowest BCUT2D eigenvalue weighted by atomic mass is 9.99. The average molecular weight is 627 g/mol. The molecule has 44 heavy (non-hydrogen) atoms. The molecule has 0 aliphatic carbocycles. The quantitative estimate of drug-likeness (QED) is 0.116. The lowest BCUT2D eigenvalue weighted by Crippen LogP contribution is -2.60. The first-order chi connectivity index (χ1) is 20.9. The molecule has 3 aromatic rings. The predicted octanol–water partition coefficient (Wildman–Crippen LogP) is -3.07. The van der Waals surface area contributed by atoms with Gasteiger partial charge in [0.1, 0.15) is 71.3 Å². The summed E-state index contributed by atoms with van der Waals surface area (Å²) in [5, 5.41) is 110. The molecule has 0 saturated carbocycles. The average Bonchev–Trinajstić information content (AvgIpc) is 2.99. The van der Waals surface area contributed by atoms with Crippen LogP contribution >= 0.6 is 0 Å². The van der Waals surface area contributed by atoms with Crippen LogP contribution in [0.3, 0.4) is 0 Å². The van der Waals surface area contributed by atoms with Crippen molar-refractivity contribution < 1.29 is 79.5 Å². The maximum Gasteiger partial charge on any atom is 0.239 e. The van der Waals surface area contributed by atoms with E-state index in [2.05, 4.69) is 0 Å². The maximum absolute atomic E-state index is 13.7. The zero-order valence-electron chi connectivity index (χ0n) is 22.4. The number of hydrogen-bond donors (Lipinski definition) is 11. The number of benzene rings is 2. The summed E-state index contributed by atoms with van der Waals surface area (Å²) in [6.07, 6.45) is -17.0. The Morgan fingerprint density at radius 1 is 0.659 bits per heavy atom. The Kier molecular flexibility index (Phi) is 8.87. The monoisotopic (exact) mass is 626 g/mol. The van der Waals surface area contributed by atoms with Gasteiger partial charge < -0.3 is 79.5 Å². The second kappa shape index (κ2) is 12.3. The Balaban J connectivity index is 1.60. The molecule has 0 bridgehead atoms. The van der Waals surface area contributed by atoms with E-state index >= 15 is 0 Å².